The van der Waals surface area contributed by atoms with Gasteiger partial charge in [-0.05, 0) is 68.7 Å². The molecule has 0 atom stereocenters. The number of carbonyl (C=O) groups excluding carboxylic acids is 1. The van der Waals surface area contributed by atoms with Crippen molar-refractivity contribution in [2.24, 2.45) is 0 Å². The van der Waals surface area contributed by atoms with Crippen molar-refractivity contribution in [3.05, 3.63) is 53.6 Å². The number of anilines is 1. The van der Waals surface area contributed by atoms with Crippen molar-refractivity contribution in [1.29, 1.82) is 0 Å². The van der Waals surface area contributed by atoms with Crippen molar-refractivity contribution < 1.29 is 9.53 Å². The Labute approximate surface area is 125 Å². The summed E-state index contributed by atoms with van der Waals surface area (Å²) >= 11 is 0. The van der Waals surface area contributed by atoms with Crippen LogP contribution in [0.1, 0.15) is 36.7 Å². The second kappa shape index (κ2) is 5.60. The second-order valence-corrected chi connectivity index (χ2v) is 6.16. The van der Waals surface area contributed by atoms with Gasteiger partial charge < -0.3 is 10.5 Å². The van der Waals surface area contributed by atoms with E-state index in [1.165, 1.54) is 0 Å². The van der Waals surface area contributed by atoms with Crippen LogP contribution in [-0.4, -0.2) is 11.6 Å². The first-order valence-corrected chi connectivity index (χ1v) is 6.96. The highest BCUT2D eigenvalue weighted by atomic mass is 16.6. The Balaban J connectivity index is 2.38. The van der Waals surface area contributed by atoms with E-state index in [-0.39, 0.29) is 5.97 Å². The molecule has 0 bridgehead atoms. The van der Waals surface area contributed by atoms with Gasteiger partial charge in [-0.1, -0.05) is 18.2 Å². The van der Waals surface area contributed by atoms with Gasteiger partial charge in [0.05, 0.1) is 5.56 Å². The van der Waals surface area contributed by atoms with Crippen LogP contribution < -0.4 is 5.73 Å². The van der Waals surface area contributed by atoms with E-state index in [4.69, 9.17) is 10.5 Å². The maximum atomic E-state index is 12.1. The first kappa shape index (κ1) is 15.1. The fourth-order valence-electron chi connectivity index (χ4n) is 2.10. The molecule has 0 aliphatic heterocycles. The predicted molar refractivity (Wildman–Crippen MR) is 86.2 cm³/mol. The molecule has 0 aromatic heterocycles. The fourth-order valence-corrected chi connectivity index (χ4v) is 2.10. The normalized spacial score (nSPS) is 11.2. The number of aryl methyl sites for hydroxylation is 1. The number of carbonyl (C=O) groups is 1. The van der Waals surface area contributed by atoms with E-state index in [1.807, 2.05) is 64.1 Å². The molecule has 0 amide bonds. The summed E-state index contributed by atoms with van der Waals surface area (Å²) in [4.78, 5) is 12.1. The van der Waals surface area contributed by atoms with Crippen LogP contribution in [0.25, 0.3) is 11.1 Å². The van der Waals surface area contributed by atoms with Crippen LogP contribution in [0.4, 0.5) is 5.69 Å². The quantitative estimate of drug-likeness (QED) is 0.664. The van der Waals surface area contributed by atoms with Gasteiger partial charge >= 0.3 is 5.97 Å². The molecule has 0 fully saturated rings. The summed E-state index contributed by atoms with van der Waals surface area (Å²) in [5, 5.41) is 0. The van der Waals surface area contributed by atoms with Gasteiger partial charge in [0, 0.05) is 5.69 Å². The van der Waals surface area contributed by atoms with Crippen LogP contribution >= 0.6 is 0 Å². The second-order valence-electron chi connectivity index (χ2n) is 6.16. The Morgan fingerprint density at radius 3 is 2.48 bits per heavy atom. The topological polar surface area (TPSA) is 52.3 Å². The Kier molecular flexibility index (Phi) is 4.03. The van der Waals surface area contributed by atoms with E-state index in [0.717, 1.165) is 16.7 Å². The first-order valence-electron chi connectivity index (χ1n) is 6.96. The van der Waals surface area contributed by atoms with Crippen molar-refractivity contribution in [3.8, 4) is 11.1 Å². The smallest absolute Gasteiger partial charge is 0.338 e. The maximum Gasteiger partial charge on any atom is 0.338 e. The third-order valence-electron chi connectivity index (χ3n) is 3.07. The summed E-state index contributed by atoms with van der Waals surface area (Å²) in [6.07, 6.45) is 0. The van der Waals surface area contributed by atoms with Crippen molar-refractivity contribution in [2.75, 3.05) is 5.73 Å². The average Bonchev–Trinajstić information content (AvgIpc) is 2.40. The number of rotatable bonds is 2. The third kappa shape index (κ3) is 3.85. The molecule has 0 saturated carbocycles. The molecule has 110 valence electrons. The Morgan fingerprint density at radius 2 is 1.81 bits per heavy atom. The fraction of sp³-hybridized carbons (Fsp3) is 0.278. The van der Waals surface area contributed by atoms with Gasteiger partial charge in [0.2, 0.25) is 0 Å². The van der Waals surface area contributed by atoms with Gasteiger partial charge in [0.1, 0.15) is 5.60 Å². The molecule has 21 heavy (non-hydrogen) atoms. The molecule has 0 heterocycles. The third-order valence-corrected chi connectivity index (χ3v) is 3.07. The molecule has 2 rings (SSSR count). The molecule has 0 aliphatic carbocycles. The van der Waals surface area contributed by atoms with Crippen LogP contribution in [-0.2, 0) is 4.74 Å². The Bertz CT molecular complexity index is 669. The molecule has 2 aromatic rings. The van der Waals surface area contributed by atoms with Crippen LogP contribution in [0.5, 0.6) is 0 Å². The van der Waals surface area contributed by atoms with Gasteiger partial charge in [0.15, 0.2) is 0 Å². The van der Waals surface area contributed by atoms with E-state index in [0.29, 0.717) is 11.3 Å². The molecular weight excluding hydrogens is 262 g/mol. The van der Waals surface area contributed by atoms with Gasteiger partial charge in [-0.3, -0.25) is 0 Å². The van der Waals surface area contributed by atoms with E-state index in [9.17, 15) is 4.79 Å². The van der Waals surface area contributed by atoms with Crippen molar-refractivity contribution in [1.82, 2.24) is 0 Å². The lowest BCUT2D eigenvalue weighted by Gasteiger charge is -2.19. The van der Waals surface area contributed by atoms with Crippen LogP contribution in [0.15, 0.2) is 42.5 Å². The van der Waals surface area contributed by atoms with Crippen molar-refractivity contribution >= 4 is 11.7 Å². The lowest BCUT2D eigenvalue weighted by atomic mass is 9.98. The summed E-state index contributed by atoms with van der Waals surface area (Å²) in [7, 11) is 0. The summed E-state index contributed by atoms with van der Waals surface area (Å²) in [5.74, 6) is -0.314. The van der Waals surface area contributed by atoms with E-state index >= 15 is 0 Å². The monoisotopic (exact) mass is 283 g/mol. The van der Waals surface area contributed by atoms with Crippen molar-refractivity contribution in [2.45, 2.75) is 33.3 Å². The number of benzene rings is 2. The minimum atomic E-state index is -0.500. The van der Waals surface area contributed by atoms with E-state index in [2.05, 4.69) is 0 Å². The summed E-state index contributed by atoms with van der Waals surface area (Å²) < 4.78 is 5.40. The number of ether oxygens (including phenoxy) is 1. The number of hydrogen-bond donors (Lipinski definition) is 1. The zero-order chi connectivity index (χ0) is 15.6. The van der Waals surface area contributed by atoms with E-state index < -0.39 is 5.60 Å². The molecular formula is C18H21NO2. The SMILES string of the molecule is Cc1ccc(N)cc1-c1cccc(C(=O)OC(C)(C)C)c1. The summed E-state index contributed by atoms with van der Waals surface area (Å²) in [6, 6.07) is 13.2. The molecule has 0 aliphatic rings. The average molecular weight is 283 g/mol. The van der Waals surface area contributed by atoms with Gasteiger partial charge in [0.25, 0.3) is 0 Å². The zero-order valence-corrected chi connectivity index (χ0v) is 12.9. The highest BCUT2D eigenvalue weighted by Gasteiger charge is 2.18. The standard InChI is InChI=1S/C18H21NO2/c1-12-8-9-15(19)11-16(12)13-6-5-7-14(10-13)17(20)21-18(2,3)4/h5-11H,19H2,1-4H3. The van der Waals surface area contributed by atoms with Gasteiger partial charge in [-0.2, -0.15) is 0 Å². The molecule has 2 N–H and O–H groups in total. The number of esters is 1. The molecule has 0 saturated heterocycles. The Hall–Kier alpha value is -2.29. The lowest BCUT2D eigenvalue weighted by molar-refractivity contribution is 0.00696. The molecule has 0 unspecified atom stereocenters. The first-order chi connectivity index (χ1) is 9.76. The molecule has 3 heteroatoms. The highest BCUT2D eigenvalue weighted by Crippen LogP contribution is 2.26. The van der Waals surface area contributed by atoms with Crippen LogP contribution in [0.3, 0.4) is 0 Å². The van der Waals surface area contributed by atoms with Crippen LogP contribution in [0.2, 0.25) is 0 Å². The number of nitrogens with two attached hydrogens (primary N) is 1. The summed E-state index contributed by atoms with van der Waals surface area (Å²) in [5.41, 5.74) is 9.71. The van der Waals surface area contributed by atoms with Crippen LogP contribution in [0, 0.1) is 6.92 Å². The number of hydrogen-bond acceptors (Lipinski definition) is 3. The predicted octanol–water partition coefficient (Wildman–Crippen LogP) is 4.20. The van der Waals surface area contributed by atoms with E-state index in [1.54, 1.807) is 6.07 Å². The van der Waals surface area contributed by atoms with Crippen molar-refractivity contribution in [3.63, 3.8) is 0 Å². The molecule has 2 aromatic carbocycles. The molecule has 0 spiro atoms. The largest absolute Gasteiger partial charge is 0.456 e. The van der Waals surface area contributed by atoms with Gasteiger partial charge in [-0.25, -0.2) is 4.79 Å². The minimum Gasteiger partial charge on any atom is -0.456 e. The minimum absolute atomic E-state index is 0.314. The molecule has 0 radical (unpaired) electrons. The Morgan fingerprint density at radius 1 is 1.10 bits per heavy atom. The summed E-state index contributed by atoms with van der Waals surface area (Å²) in [6.45, 7) is 7.60. The highest BCUT2D eigenvalue weighted by molar-refractivity contribution is 5.91. The maximum absolute atomic E-state index is 12.1. The molecule has 3 nitrogen and oxygen atoms in total. The number of nitrogen functional groups attached to an aromatic ring is 1. The lowest BCUT2D eigenvalue weighted by Crippen LogP contribution is -2.23. The zero-order valence-electron chi connectivity index (χ0n) is 12.9. The van der Waals surface area contributed by atoms with Gasteiger partial charge in [-0.15, -0.1) is 0 Å².